The van der Waals surface area contributed by atoms with Crippen molar-refractivity contribution < 1.29 is 0 Å². The van der Waals surface area contributed by atoms with Crippen LogP contribution in [-0.2, 0) is 5.41 Å². The first-order valence-corrected chi connectivity index (χ1v) is 3.67. The molecule has 0 aliphatic carbocycles. The van der Waals surface area contributed by atoms with Crippen LogP contribution in [0.15, 0.2) is 6.20 Å². The van der Waals surface area contributed by atoms with Crippen molar-refractivity contribution in [3.05, 3.63) is 17.7 Å². The molecule has 1 aromatic rings. The van der Waals surface area contributed by atoms with Crippen LogP contribution in [0.1, 0.15) is 32.3 Å². The summed E-state index contributed by atoms with van der Waals surface area (Å²) in [6.45, 7) is 8.14. The second-order valence-corrected chi connectivity index (χ2v) is 3.67. The van der Waals surface area contributed by atoms with E-state index >= 15 is 0 Å². The summed E-state index contributed by atoms with van der Waals surface area (Å²) in [5.74, 6) is 0.803. The Hall–Kier alpha value is -0.990. The van der Waals surface area contributed by atoms with Gasteiger partial charge in [0.1, 0.15) is 0 Å². The Morgan fingerprint density at radius 3 is 2.27 bits per heavy atom. The molecule has 1 rings (SSSR count). The molecule has 0 aromatic carbocycles. The molecule has 0 unspecified atom stereocenters. The van der Waals surface area contributed by atoms with Gasteiger partial charge in [-0.1, -0.05) is 20.8 Å². The van der Waals surface area contributed by atoms with E-state index < -0.39 is 0 Å². The Bertz CT molecular complexity index is 250. The van der Waals surface area contributed by atoms with Crippen molar-refractivity contribution in [2.24, 2.45) is 0 Å². The topological polar surface area (TPSA) is 38.7 Å². The lowest BCUT2D eigenvalue weighted by atomic mass is 9.96. The Morgan fingerprint density at radius 1 is 1.27 bits per heavy atom. The average molecular weight is 151 g/mol. The minimum atomic E-state index is -0.000972. The molecular weight excluding hydrogens is 138 g/mol. The molecule has 0 spiro atoms. The number of rotatable bonds is 0. The van der Waals surface area contributed by atoms with Crippen LogP contribution in [0.25, 0.3) is 0 Å². The first-order valence-electron chi connectivity index (χ1n) is 3.67. The van der Waals surface area contributed by atoms with Gasteiger partial charge >= 0.3 is 0 Å². The smallest absolute Gasteiger partial charge is 0.156 e. The third kappa shape index (κ3) is 1.97. The van der Waals surface area contributed by atoms with Crippen LogP contribution in [0.2, 0.25) is 0 Å². The van der Waals surface area contributed by atoms with E-state index in [4.69, 9.17) is 0 Å². The van der Waals surface area contributed by atoms with E-state index in [1.807, 2.05) is 6.92 Å². The van der Waals surface area contributed by atoms with Gasteiger partial charge in [-0.05, 0) is 6.92 Å². The highest BCUT2D eigenvalue weighted by Gasteiger charge is 2.17. The number of aryl methyl sites for hydroxylation is 1. The van der Waals surface area contributed by atoms with Gasteiger partial charge in [-0.2, -0.15) is 5.10 Å². The third-order valence-electron chi connectivity index (χ3n) is 1.35. The largest absolute Gasteiger partial charge is 0.234 e. The molecule has 0 atom stereocenters. The summed E-state index contributed by atoms with van der Waals surface area (Å²) in [5.41, 5.74) is 0.920. The van der Waals surface area contributed by atoms with E-state index in [2.05, 4.69) is 36.0 Å². The summed E-state index contributed by atoms with van der Waals surface area (Å²) < 4.78 is 0. The van der Waals surface area contributed by atoms with E-state index in [1.165, 1.54) is 0 Å². The van der Waals surface area contributed by atoms with Crippen LogP contribution < -0.4 is 0 Å². The van der Waals surface area contributed by atoms with Crippen LogP contribution in [0.5, 0.6) is 0 Å². The zero-order valence-electron chi connectivity index (χ0n) is 7.42. The third-order valence-corrected chi connectivity index (χ3v) is 1.35. The molecule has 0 aliphatic heterocycles. The molecule has 0 fully saturated rings. The second kappa shape index (κ2) is 2.57. The summed E-state index contributed by atoms with van der Waals surface area (Å²) >= 11 is 0. The fourth-order valence-corrected chi connectivity index (χ4v) is 0.703. The molecule has 11 heavy (non-hydrogen) atoms. The summed E-state index contributed by atoms with van der Waals surface area (Å²) in [7, 11) is 0. The predicted octanol–water partition coefficient (Wildman–Crippen LogP) is 1.48. The monoisotopic (exact) mass is 151 g/mol. The summed E-state index contributed by atoms with van der Waals surface area (Å²) in [5, 5.41) is 7.79. The molecule has 0 saturated heterocycles. The van der Waals surface area contributed by atoms with Crippen LogP contribution in [0, 0.1) is 6.92 Å². The van der Waals surface area contributed by atoms with Crippen LogP contribution in [0.3, 0.4) is 0 Å². The lowest BCUT2D eigenvalue weighted by molar-refractivity contribution is 0.530. The zero-order valence-corrected chi connectivity index (χ0v) is 7.42. The standard InChI is InChI=1S/C8H13N3/c1-6-5-9-11-7(10-6)8(2,3)4/h5H,1-4H3. The maximum atomic E-state index is 4.27. The highest BCUT2D eigenvalue weighted by molar-refractivity contribution is 5.02. The van der Waals surface area contributed by atoms with E-state index in [-0.39, 0.29) is 5.41 Å². The van der Waals surface area contributed by atoms with E-state index in [9.17, 15) is 0 Å². The minimum absolute atomic E-state index is 0.000972. The maximum Gasteiger partial charge on any atom is 0.156 e. The Labute approximate surface area is 66.9 Å². The molecule has 0 N–H and O–H groups in total. The van der Waals surface area contributed by atoms with Gasteiger partial charge < -0.3 is 0 Å². The molecular formula is C8H13N3. The van der Waals surface area contributed by atoms with Gasteiger partial charge in [-0.25, -0.2) is 4.98 Å². The van der Waals surface area contributed by atoms with Gasteiger partial charge in [0, 0.05) is 5.41 Å². The normalized spacial score (nSPS) is 11.6. The Balaban J connectivity index is 3.06. The zero-order chi connectivity index (χ0) is 8.48. The Kier molecular flexibility index (Phi) is 1.89. The van der Waals surface area contributed by atoms with E-state index in [0.717, 1.165) is 11.5 Å². The van der Waals surface area contributed by atoms with Crippen LogP contribution in [-0.4, -0.2) is 15.2 Å². The van der Waals surface area contributed by atoms with Gasteiger partial charge in [-0.3, -0.25) is 0 Å². The van der Waals surface area contributed by atoms with Crippen LogP contribution in [0.4, 0.5) is 0 Å². The second-order valence-electron chi connectivity index (χ2n) is 3.67. The molecule has 3 heteroatoms. The molecule has 0 bridgehead atoms. The molecule has 1 heterocycles. The molecule has 3 nitrogen and oxygen atoms in total. The van der Waals surface area contributed by atoms with Crippen molar-refractivity contribution >= 4 is 0 Å². The molecule has 1 aromatic heterocycles. The van der Waals surface area contributed by atoms with Crippen LogP contribution >= 0.6 is 0 Å². The first-order chi connectivity index (χ1) is 5.00. The maximum absolute atomic E-state index is 4.27. The lowest BCUT2D eigenvalue weighted by Crippen LogP contribution is -2.17. The first kappa shape index (κ1) is 8.11. The summed E-state index contributed by atoms with van der Waals surface area (Å²) in [6, 6.07) is 0. The van der Waals surface area contributed by atoms with E-state index in [0.29, 0.717) is 0 Å². The fraction of sp³-hybridized carbons (Fsp3) is 0.625. The SMILES string of the molecule is Cc1cnnc(C(C)(C)C)n1. The quantitative estimate of drug-likeness (QED) is 0.563. The van der Waals surface area contributed by atoms with Crippen molar-refractivity contribution in [2.75, 3.05) is 0 Å². The van der Waals surface area contributed by atoms with Gasteiger partial charge in [0.05, 0.1) is 11.9 Å². The van der Waals surface area contributed by atoms with Gasteiger partial charge in [0.25, 0.3) is 0 Å². The molecule has 0 radical (unpaired) electrons. The lowest BCUT2D eigenvalue weighted by Gasteiger charge is -2.14. The highest BCUT2D eigenvalue weighted by atomic mass is 15.1. The van der Waals surface area contributed by atoms with Gasteiger partial charge in [0.15, 0.2) is 5.82 Å². The number of hydrogen-bond acceptors (Lipinski definition) is 3. The fourth-order valence-electron chi connectivity index (χ4n) is 0.703. The molecule has 0 amide bonds. The highest BCUT2D eigenvalue weighted by Crippen LogP contribution is 2.16. The number of hydrogen-bond donors (Lipinski definition) is 0. The number of nitrogens with zero attached hydrogens (tertiary/aromatic N) is 3. The summed E-state index contributed by atoms with van der Waals surface area (Å²) in [6.07, 6.45) is 1.66. The van der Waals surface area contributed by atoms with Gasteiger partial charge in [-0.15, -0.1) is 5.10 Å². The van der Waals surface area contributed by atoms with Crippen molar-refractivity contribution in [1.82, 2.24) is 15.2 Å². The average Bonchev–Trinajstić information content (AvgIpc) is 1.86. The summed E-state index contributed by atoms with van der Waals surface area (Å²) in [4.78, 5) is 4.27. The predicted molar refractivity (Wildman–Crippen MR) is 43.3 cm³/mol. The van der Waals surface area contributed by atoms with Crippen molar-refractivity contribution in [3.63, 3.8) is 0 Å². The molecule has 60 valence electrons. The van der Waals surface area contributed by atoms with E-state index in [1.54, 1.807) is 6.20 Å². The van der Waals surface area contributed by atoms with Crippen molar-refractivity contribution in [2.45, 2.75) is 33.1 Å². The van der Waals surface area contributed by atoms with Crippen molar-refractivity contribution in [3.8, 4) is 0 Å². The molecule has 0 aliphatic rings. The Morgan fingerprint density at radius 2 is 1.91 bits per heavy atom. The molecule has 0 saturated carbocycles. The van der Waals surface area contributed by atoms with Gasteiger partial charge in [0.2, 0.25) is 0 Å². The van der Waals surface area contributed by atoms with Crippen molar-refractivity contribution in [1.29, 1.82) is 0 Å². The number of aromatic nitrogens is 3. The minimum Gasteiger partial charge on any atom is -0.234 e.